The highest BCUT2D eigenvalue weighted by molar-refractivity contribution is 7.09. The van der Waals surface area contributed by atoms with Crippen molar-refractivity contribution in [3.63, 3.8) is 0 Å². The molecule has 0 spiro atoms. The van der Waals surface area contributed by atoms with Gasteiger partial charge in [-0.05, 0) is 51.2 Å². The van der Waals surface area contributed by atoms with Gasteiger partial charge in [0.05, 0.1) is 6.10 Å². The van der Waals surface area contributed by atoms with E-state index in [0.29, 0.717) is 0 Å². The van der Waals surface area contributed by atoms with Crippen LogP contribution in [0.5, 0.6) is 0 Å². The molecule has 0 amide bonds. The summed E-state index contributed by atoms with van der Waals surface area (Å²) in [6, 6.07) is 4.22. The molecule has 0 aliphatic heterocycles. The number of hydrogen-bond acceptors (Lipinski definition) is 3. The second kappa shape index (κ2) is 6.53. The number of aliphatic hydroxyl groups is 1. The Labute approximate surface area is 109 Å². The van der Waals surface area contributed by atoms with Crippen LogP contribution in [-0.2, 0) is 6.42 Å². The van der Waals surface area contributed by atoms with Crippen LogP contribution in [-0.4, -0.2) is 35.7 Å². The molecule has 0 fully saturated rings. The van der Waals surface area contributed by atoms with Crippen LogP contribution in [0.15, 0.2) is 17.5 Å². The van der Waals surface area contributed by atoms with E-state index in [-0.39, 0.29) is 11.6 Å². The molecule has 0 saturated carbocycles. The van der Waals surface area contributed by atoms with Crippen molar-refractivity contribution in [1.82, 2.24) is 4.90 Å². The van der Waals surface area contributed by atoms with Gasteiger partial charge in [-0.3, -0.25) is 0 Å². The normalized spacial score (nSPS) is 14.2. The van der Waals surface area contributed by atoms with Gasteiger partial charge < -0.3 is 10.0 Å². The molecule has 1 N–H and O–H groups in total. The number of thiophene rings is 1. The lowest BCUT2D eigenvalue weighted by atomic mass is 9.83. The van der Waals surface area contributed by atoms with Crippen molar-refractivity contribution in [3.05, 3.63) is 22.4 Å². The highest BCUT2D eigenvalue weighted by atomic mass is 32.1. The third kappa shape index (κ3) is 3.30. The first-order valence-electron chi connectivity index (χ1n) is 6.44. The Hall–Kier alpha value is -0.380. The molecule has 17 heavy (non-hydrogen) atoms. The summed E-state index contributed by atoms with van der Waals surface area (Å²) in [5.41, 5.74) is -0.0722. The lowest BCUT2D eigenvalue weighted by molar-refractivity contribution is -0.0172. The Kier molecular flexibility index (Phi) is 5.63. The molecule has 1 aromatic rings. The first kappa shape index (κ1) is 14.7. The average molecular weight is 255 g/mol. The zero-order valence-electron chi connectivity index (χ0n) is 11.4. The van der Waals surface area contributed by atoms with Crippen molar-refractivity contribution in [2.45, 2.75) is 51.2 Å². The summed E-state index contributed by atoms with van der Waals surface area (Å²) in [7, 11) is 4.14. The number of hydrogen-bond donors (Lipinski definition) is 1. The summed E-state index contributed by atoms with van der Waals surface area (Å²) < 4.78 is 0. The Morgan fingerprint density at radius 1 is 1.35 bits per heavy atom. The predicted molar refractivity (Wildman–Crippen MR) is 75.6 cm³/mol. The zero-order chi connectivity index (χ0) is 12.9. The number of nitrogens with zero attached hydrogens (tertiary/aromatic N) is 1. The second-order valence-corrected chi connectivity index (χ2v) is 5.87. The van der Waals surface area contributed by atoms with Crippen LogP contribution in [0.3, 0.4) is 0 Å². The number of aryl methyl sites for hydroxylation is 1. The largest absolute Gasteiger partial charge is 0.391 e. The molecule has 1 aromatic heterocycles. The van der Waals surface area contributed by atoms with Crippen molar-refractivity contribution >= 4 is 11.3 Å². The van der Waals surface area contributed by atoms with Crippen LogP contribution in [0.2, 0.25) is 0 Å². The van der Waals surface area contributed by atoms with Gasteiger partial charge in [0.15, 0.2) is 0 Å². The third-order valence-electron chi connectivity index (χ3n) is 3.98. The topological polar surface area (TPSA) is 23.5 Å². The van der Waals surface area contributed by atoms with Gasteiger partial charge in [-0.1, -0.05) is 19.9 Å². The fourth-order valence-corrected chi connectivity index (χ4v) is 3.38. The van der Waals surface area contributed by atoms with E-state index >= 15 is 0 Å². The van der Waals surface area contributed by atoms with Gasteiger partial charge in [-0.15, -0.1) is 11.3 Å². The molecule has 0 aromatic carbocycles. The standard InChI is InChI=1S/C14H25NOS/c1-5-14(6-2,15(3)4)13(16)10-9-12-8-7-11-17-12/h7-8,11,13,16H,5-6,9-10H2,1-4H3. The highest BCUT2D eigenvalue weighted by Gasteiger charge is 2.36. The Balaban J connectivity index is 2.62. The highest BCUT2D eigenvalue weighted by Crippen LogP contribution is 2.28. The smallest absolute Gasteiger partial charge is 0.0726 e. The molecule has 1 atom stereocenters. The van der Waals surface area contributed by atoms with E-state index in [1.54, 1.807) is 11.3 Å². The van der Waals surface area contributed by atoms with Crippen LogP contribution in [0, 0.1) is 0 Å². The number of aliphatic hydroxyl groups excluding tert-OH is 1. The minimum atomic E-state index is -0.255. The minimum absolute atomic E-state index is 0.0722. The van der Waals surface area contributed by atoms with Gasteiger partial charge in [-0.2, -0.15) is 0 Å². The van der Waals surface area contributed by atoms with E-state index in [0.717, 1.165) is 25.7 Å². The Morgan fingerprint density at radius 2 is 2.00 bits per heavy atom. The fourth-order valence-electron chi connectivity index (χ4n) is 2.65. The van der Waals surface area contributed by atoms with Gasteiger partial charge in [0.2, 0.25) is 0 Å². The molecule has 2 nitrogen and oxygen atoms in total. The monoisotopic (exact) mass is 255 g/mol. The van der Waals surface area contributed by atoms with E-state index < -0.39 is 0 Å². The van der Waals surface area contributed by atoms with E-state index in [4.69, 9.17) is 0 Å². The molecule has 0 bridgehead atoms. The van der Waals surface area contributed by atoms with Crippen molar-refractivity contribution in [2.75, 3.05) is 14.1 Å². The maximum absolute atomic E-state index is 10.5. The number of likely N-dealkylation sites (N-methyl/N-ethyl adjacent to an activating group) is 1. The van der Waals surface area contributed by atoms with E-state index in [1.807, 2.05) is 0 Å². The van der Waals surface area contributed by atoms with Crippen LogP contribution in [0.4, 0.5) is 0 Å². The van der Waals surface area contributed by atoms with Crippen LogP contribution in [0.1, 0.15) is 38.0 Å². The van der Waals surface area contributed by atoms with Gasteiger partial charge in [0.1, 0.15) is 0 Å². The Bertz CT molecular complexity index is 304. The lowest BCUT2D eigenvalue weighted by Gasteiger charge is -2.42. The van der Waals surface area contributed by atoms with Crippen LogP contribution >= 0.6 is 11.3 Å². The Morgan fingerprint density at radius 3 is 2.41 bits per heavy atom. The maximum Gasteiger partial charge on any atom is 0.0726 e. The molecule has 0 aliphatic carbocycles. The molecular weight excluding hydrogens is 230 g/mol. The van der Waals surface area contributed by atoms with Crippen LogP contribution in [0.25, 0.3) is 0 Å². The number of rotatable bonds is 7. The van der Waals surface area contributed by atoms with Crippen LogP contribution < -0.4 is 0 Å². The third-order valence-corrected chi connectivity index (χ3v) is 4.92. The lowest BCUT2D eigenvalue weighted by Crippen LogP contribution is -2.52. The van der Waals surface area contributed by atoms with Gasteiger partial charge in [-0.25, -0.2) is 0 Å². The fraction of sp³-hybridized carbons (Fsp3) is 0.714. The average Bonchev–Trinajstić information content (AvgIpc) is 2.81. The molecule has 1 heterocycles. The molecule has 0 aliphatic rings. The van der Waals surface area contributed by atoms with Crippen molar-refractivity contribution in [2.24, 2.45) is 0 Å². The molecule has 1 unspecified atom stereocenters. The first-order valence-corrected chi connectivity index (χ1v) is 7.32. The molecule has 0 saturated heterocycles. The summed E-state index contributed by atoms with van der Waals surface area (Å²) in [5.74, 6) is 0. The second-order valence-electron chi connectivity index (χ2n) is 4.84. The SMILES string of the molecule is CCC(CC)(C(O)CCc1cccs1)N(C)C. The summed E-state index contributed by atoms with van der Waals surface area (Å²) in [5, 5.41) is 12.6. The minimum Gasteiger partial charge on any atom is -0.391 e. The molecule has 98 valence electrons. The zero-order valence-corrected chi connectivity index (χ0v) is 12.3. The first-order chi connectivity index (χ1) is 8.06. The van der Waals surface area contributed by atoms with E-state index in [9.17, 15) is 5.11 Å². The van der Waals surface area contributed by atoms with Gasteiger partial charge in [0.25, 0.3) is 0 Å². The molecule has 3 heteroatoms. The van der Waals surface area contributed by atoms with Crippen molar-refractivity contribution < 1.29 is 5.11 Å². The van der Waals surface area contributed by atoms with Gasteiger partial charge >= 0.3 is 0 Å². The molecule has 1 rings (SSSR count). The van der Waals surface area contributed by atoms with Crippen molar-refractivity contribution in [3.8, 4) is 0 Å². The summed E-state index contributed by atoms with van der Waals surface area (Å²) in [6.45, 7) is 4.33. The summed E-state index contributed by atoms with van der Waals surface area (Å²) in [4.78, 5) is 3.55. The van der Waals surface area contributed by atoms with Crippen molar-refractivity contribution in [1.29, 1.82) is 0 Å². The van der Waals surface area contributed by atoms with Gasteiger partial charge in [0, 0.05) is 10.4 Å². The maximum atomic E-state index is 10.5. The summed E-state index contributed by atoms with van der Waals surface area (Å²) >= 11 is 1.77. The quantitative estimate of drug-likeness (QED) is 0.809. The molecule has 0 radical (unpaired) electrons. The molecular formula is C14H25NOS. The van der Waals surface area contributed by atoms with E-state index in [2.05, 4.69) is 50.4 Å². The predicted octanol–water partition coefficient (Wildman–Crippen LogP) is 3.16. The van der Waals surface area contributed by atoms with E-state index in [1.165, 1.54) is 4.88 Å². The summed E-state index contributed by atoms with van der Waals surface area (Å²) in [6.07, 6.45) is 3.55.